The lowest BCUT2D eigenvalue weighted by Gasteiger charge is -2.26. The van der Waals surface area contributed by atoms with Crippen LogP contribution < -0.4 is 0 Å². The lowest BCUT2D eigenvalue weighted by Crippen LogP contribution is -2.26. The molecule has 0 saturated heterocycles. The number of aliphatic hydroxyl groups is 1. The normalized spacial score (nSPS) is 30.4. The third-order valence-electron chi connectivity index (χ3n) is 2.39. The predicted molar refractivity (Wildman–Crippen MR) is 52.3 cm³/mol. The standard InChI is InChI=1S/C11H18O2/c1-3-4-9(2)13-11-7-5-10(12)6-8-11/h9-12H,5-8H2,1-2H3. The molecule has 1 aliphatic carbocycles. The van der Waals surface area contributed by atoms with Gasteiger partial charge in [-0.05, 0) is 39.5 Å². The molecule has 0 aromatic rings. The second-order valence-electron chi connectivity index (χ2n) is 3.60. The largest absolute Gasteiger partial charge is 0.393 e. The van der Waals surface area contributed by atoms with Gasteiger partial charge in [-0.1, -0.05) is 5.92 Å². The molecule has 1 atom stereocenters. The highest BCUT2D eigenvalue weighted by Gasteiger charge is 2.20. The van der Waals surface area contributed by atoms with Crippen molar-refractivity contribution in [3.63, 3.8) is 0 Å². The Hall–Kier alpha value is -0.520. The zero-order valence-electron chi connectivity index (χ0n) is 8.42. The second-order valence-corrected chi connectivity index (χ2v) is 3.60. The van der Waals surface area contributed by atoms with Gasteiger partial charge in [0.25, 0.3) is 0 Å². The first kappa shape index (κ1) is 10.6. The van der Waals surface area contributed by atoms with Crippen LogP contribution in [0.4, 0.5) is 0 Å². The molecule has 0 radical (unpaired) electrons. The highest BCUT2D eigenvalue weighted by atomic mass is 16.5. The van der Waals surface area contributed by atoms with Crippen molar-refractivity contribution in [2.24, 2.45) is 0 Å². The highest BCUT2D eigenvalue weighted by Crippen LogP contribution is 2.21. The van der Waals surface area contributed by atoms with E-state index in [9.17, 15) is 5.11 Å². The van der Waals surface area contributed by atoms with Crippen molar-refractivity contribution in [2.75, 3.05) is 0 Å². The highest BCUT2D eigenvalue weighted by molar-refractivity contribution is 5.01. The van der Waals surface area contributed by atoms with Gasteiger partial charge in [-0.3, -0.25) is 0 Å². The van der Waals surface area contributed by atoms with Gasteiger partial charge in [-0.25, -0.2) is 0 Å². The van der Waals surface area contributed by atoms with Crippen molar-refractivity contribution in [1.29, 1.82) is 0 Å². The molecule has 1 aliphatic rings. The Morgan fingerprint density at radius 2 is 1.92 bits per heavy atom. The smallest absolute Gasteiger partial charge is 0.115 e. The zero-order valence-corrected chi connectivity index (χ0v) is 8.42. The summed E-state index contributed by atoms with van der Waals surface area (Å²) in [5.41, 5.74) is 0. The number of ether oxygens (including phenoxy) is 1. The number of aliphatic hydroxyl groups excluding tert-OH is 1. The van der Waals surface area contributed by atoms with Crippen LogP contribution in [0.1, 0.15) is 39.5 Å². The van der Waals surface area contributed by atoms with E-state index in [2.05, 4.69) is 11.8 Å². The second kappa shape index (κ2) is 5.26. The molecule has 0 spiro atoms. The summed E-state index contributed by atoms with van der Waals surface area (Å²) in [5, 5.41) is 9.28. The van der Waals surface area contributed by atoms with Crippen molar-refractivity contribution in [3.8, 4) is 11.8 Å². The van der Waals surface area contributed by atoms with Crippen LogP contribution in [0.2, 0.25) is 0 Å². The summed E-state index contributed by atoms with van der Waals surface area (Å²) in [6.07, 6.45) is 3.92. The van der Waals surface area contributed by atoms with Gasteiger partial charge < -0.3 is 9.84 Å². The minimum Gasteiger partial charge on any atom is -0.393 e. The molecule has 0 heterocycles. The van der Waals surface area contributed by atoms with E-state index in [4.69, 9.17) is 4.74 Å². The van der Waals surface area contributed by atoms with Gasteiger partial charge in [-0.15, -0.1) is 5.92 Å². The summed E-state index contributed by atoms with van der Waals surface area (Å²) in [4.78, 5) is 0. The van der Waals surface area contributed by atoms with Crippen LogP contribution in [0.25, 0.3) is 0 Å². The van der Waals surface area contributed by atoms with E-state index in [-0.39, 0.29) is 12.2 Å². The maximum Gasteiger partial charge on any atom is 0.115 e. The summed E-state index contributed by atoms with van der Waals surface area (Å²) in [6, 6.07) is 0. The number of hydrogen-bond donors (Lipinski definition) is 1. The van der Waals surface area contributed by atoms with Crippen LogP contribution in [0.3, 0.4) is 0 Å². The Balaban J connectivity index is 2.24. The minimum absolute atomic E-state index is 0.0326. The van der Waals surface area contributed by atoms with Crippen LogP contribution in [0, 0.1) is 11.8 Å². The Morgan fingerprint density at radius 3 is 2.46 bits per heavy atom. The zero-order chi connectivity index (χ0) is 9.68. The molecule has 0 aliphatic heterocycles. The maximum absolute atomic E-state index is 9.28. The quantitative estimate of drug-likeness (QED) is 0.659. The molecule has 2 heteroatoms. The third kappa shape index (κ3) is 3.80. The Labute approximate surface area is 80.3 Å². The molecule has 1 unspecified atom stereocenters. The molecule has 1 rings (SSSR count). The first-order chi connectivity index (χ1) is 6.22. The van der Waals surface area contributed by atoms with E-state index < -0.39 is 0 Å². The molecule has 0 amide bonds. The van der Waals surface area contributed by atoms with Gasteiger partial charge in [0.1, 0.15) is 6.10 Å². The van der Waals surface area contributed by atoms with Gasteiger partial charge in [-0.2, -0.15) is 0 Å². The van der Waals surface area contributed by atoms with Crippen molar-refractivity contribution < 1.29 is 9.84 Å². The van der Waals surface area contributed by atoms with Crippen LogP contribution in [0.15, 0.2) is 0 Å². The van der Waals surface area contributed by atoms with Crippen molar-refractivity contribution >= 4 is 0 Å². The van der Waals surface area contributed by atoms with E-state index in [1.165, 1.54) is 0 Å². The van der Waals surface area contributed by atoms with E-state index in [1.807, 2.05) is 13.8 Å². The average Bonchev–Trinajstić information content (AvgIpc) is 2.09. The summed E-state index contributed by atoms with van der Waals surface area (Å²) < 4.78 is 5.70. The van der Waals surface area contributed by atoms with Crippen LogP contribution in [-0.4, -0.2) is 23.4 Å². The molecular weight excluding hydrogens is 164 g/mol. The lowest BCUT2D eigenvalue weighted by molar-refractivity contribution is -0.0201. The Bertz CT molecular complexity index is 194. The van der Waals surface area contributed by atoms with Gasteiger partial charge in [0.2, 0.25) is 0 Å². The Kier molecular flexibility index (Phi) is 4.27. The van der Waals surface area contributed by atoms with E-state index >= 15 is 0 Å². The SMILES string of the molecule is CC#CC(C)OC1CCC(O)CC1. The monoisotopic (exact) mass is 182 g/mol. The topological polar surface area (TPSA) is 29.5 Å². The van der Waals surface area contributed by atoms with Crippen molar-refractivity contribution in [2.45, 2.75) is 57.8 Å². The van der Waals surface area contributed by atoms with E-state index in [0.717, 1.165) is 25.7 Å². The molecule has 2 nitrogen and oxygen atoms in total. The molecule has 1 saturated carbocycles. The van der Waals surface area contributed by atoms with E-state index in [1.54, 1.807) is 0 Å². The van der Waals surface area contributed by atoms with Gasteiger partial charge >= 0.3 is 0 Å². The van der Waals surface area contributed by atoms with Crippen molar-refractivity contribution in [3.05, 3.63) is 0 Å². The molecule has 13 heavy (non-hydrogen) atoms. The molecule has 0 aromatic heterocycles. The Morgan fingerprint density at radius 1 is 1.31 bits per heavy atom. The first-order valence-corrected chi connectivity index (χ1v) is 4.98. The summed E-state index contributed by atoms with van der Waals surface area (Å²) in [6.45, 7) is 3.80. The fourth-order valence-electron chi connectivity index (χ4n) is 1.71. The van der Waals surface area contributed by atoms with E-state index in [0.29, 0.717) is 6.10 Å². The van der Waals surface area contributed by atoms with Crippen LogP contribution in [-0.2, 0) is 4.74 Å². The first-order valence-electron chi connectivity index (χ1n) is 4.98. The molecule has 74 valence electrons. The average molecular weight is 182 g/mol. The summed E-state index contributed by atoms with van der Waals surface area (Å²) in [5.74, 6) is 5.81. The number of hydrogen-bond acceptors (Lipinski definition) is 2. The van der Waals surface area contributed by atoms with Gasteiger partial charge in [0.05, 0.1) is 12.2 Å². The minimum atomic E-state index is -0.104. The fourth-order valence-corrected chi connectivity index (χ4v) is 1.71. The maximum atomic E-state index is 9.28. The summed E-state index contributed by atoms with van der Waals surface area (Å²) >= 11 is 0. The van der Waals surface area contributed by atoms with Crippen molar-refractivity contribution in [1.82, 2.24) is 0 Å². The van der Waals surface area contributed by atoms with Crippen LogP contribution in [0.5, 0.6) is 0 Å². The summed E-state index contributed by atoms with van der Waals surface area (Å²) in [7, 11) is 0. The third-order valence-corrected chi connectivity index (χ3v) is 2.39. The lowest BCUT2D eigenvalue weighted by atomic mass is 9.95. The molecule has 0 bridgehead atoms. The number of rotatable bonds is 2. The fraction of sp³-hybridized carbons (Fsp3) is 0.818. The van der Waals surface area contributed by atoms with Gasteiger partial charge in [0, 0.05) is 0 Å². The molecule has 0 aromatic carbocycles. The predicted octanol–water partition coefficient (Wildman–Crippen LogP) is 1.72. The molecule has 1 N–H and O–H groups in total. The van der Waals surface area contributed by atoms with Gasteiger partial charge in [0.15, 0.2) is 0 Å². The molecule has 1 fully saturated rings. The van der Waals surface area contributed by atoms with Crippen LogP contribution >= 0.6 is 0 Å². The molecular formula is C11H18O2.